The van der Waals surface area contributed by atoms with E-state index in [1.54, 1.807) is 56.4 Å². The number of nitrogens with zero attached hydrogens (tertiary/aromatic N) is 7. The predicted octanol–water partition coefficient (Wildman–Crippen LogP) is 12.8. The number of nitrogens with one attached hydrogen (secondary N) is 1. The van der Waals surface area contributed by atoms with E-state index in [9.17, 15) is 24.4 Å². The molecule has 6 aromatic carbocycles. The van der Waals surface area contributed by atoms with Gasteiger partial charge in [0.05, 0.1) is 52.4 Å². The second kappa shape index (κ2) is 30.9. The number of esters is 1. The molecule has 1 unspecified atom stereocenters. The average molecular weight is 1270 g/mol. The number of benzene rings is 6. The maximum absolute atomic E-state index is 13.9. The lowest BCUT2D eigenvalue weighted by Crippen LogP contribution is -2.39. The molecule has 4 atom stereocenters. The molecule has 2 amide bonds. The number of aryl methyl sites for hydroxylation is 1. The van der Waals surface area contributed by atoms with Crippen molar-refractivity contribution in [3.05, 3.63) is 203 Å². The minimum atomic E-state index is -1.73. The number of nitriles is 1. The summed E-state index contributed by atoms with van der Waals surface area (Å²) >= 11 is 0. The van der Waals surface area contributed by atoms with Crippen LogP contribution in [-0.2, 0) is 49.6 Å². The smallest absolute Gasteiger partial charge is 0.409 e. The maximum Gasteiger partial charge on any atom is 0.409 e. The molecule has 0 spiro atoms. The number of hydrogen-bond acceptors (Lipinski definition) is 17. The van der Waals surface area contributed by atoms with E-state index in [0.29, 0.717) is 47.5 Å². The molecular weight excluding hydrogens is 1190 g/mol. The molecule has 1 N–H and O–H groups in total. The van der Waals surface area contributed by atoms with Crippen molar-refractivity contribution in [1.29, 1.82) is 5.26 Å². The lowest BCUT2D eigenvalue weighted by molar-refractivity contribution is -0.148. The van der Waals surface area contributed by atoms with Crippen LogP contribution < -0.4 is 14.8 Å². The van der Waals surface area contributed by atoms with Crippen LogP contribution in [0.15, 0.2) is 164 Å². The standard InChI is InChI=1S/C71H77N8O12P/c1-47(2)79(48(3)4)92(89-40-16-38-72)91-62-41-64(90-63(62)44-88-71(51-17-9-8-10-18-51,52-29-34-55(84-6)35-30-52)53-31-36-56(85-7)37-32-53)78-46-75-66-67(73-45-74-68(66)78)76-69(82)50-27-24-49(25-28-50)26-33-54(80)42-86-65(81)23-15-39-77(5)70(83)87-43-61-59-21-13-11-19-57(59)58-20-12-14-22-60(58)61/h8-14,17-22,24-25,27-32,34-37,45-48,61-64H,15-16,23,26,33,39-44H2,1-7H3,(H,73,74,76,82)/t62-,63-,64-,92?/m1/s1. The zero-order valence-electron chi connectivity index (χ0n) is 52.8. The van der Waals surface area contributed by atoms with Crippen molar-refractivity contribution in [2.75, 3.05) is 59.6 Å². The van der Waals surface area contributed by atoms with Gasteiger partial charge in [0.1, 0.15) is 49.0 Å². The van der Waals surface area contributed by atoms with Gasteiger partial charge in [0, 0.05) is 56.4 Å². The molecule has 0 radical (unpaired) electrons. The van der Waals surface area contributed by atoms with E-state index < -0.39 is 50.5 Å². The van der Waals surface area contributed by atoms with Gasteiger partial charge in [-0.1, -0.05) is 115 Å². The van der Waals surface area contributed by atoms with Crippen LogP contribution in [0.1, 0.15) is 116 Å². The van der Waals surface area contributed by atoms with Gasteiger partial charge in [-0.15, -0.1) is 0 Å². The maximum atomic E-state index is 13.9. The van der Waals surface area contributed by atoms with Gasteiger partial charge in [-0.05, 0) is 121 Å². The van der Waals surface area contributed by atoms with Gasteiger partial charge in [0.25, 0.3) is 14.4 Å². The number of aromatic nitrogens is 4. The predicted molar refractivity (Wildman–Crippen MR) is 348 cm³/mol. The van der Waals surface area contributed by atoms with Gasteiger partial charge in [-0.3, -0.25) is 19.0 Å². The summed E-state index contributed by atoms with van der Waals surface area (Å²) in [5.74, 6) is 0.257. The number of carbonyl (C=O) groups is 4. The first kappa shape index (κ1) is 66.0. The second-order valence-corrected chi connectivity index (χ2v) is 24.5. The molecule has 1 aliphatic heterocycles. The average Bonchev–Trinajstić information content (AvgIpc) is 1.05. The molecule has 20 nitrogen and oxygen atoms in total. The first-order valence-electron chi connectivity index (χ1n) is 30.9. The molecule has 2 aromatic heterocycles. The third kappa shape index (κ3) is 15.3. The van der Waals surface area contributed by atoms with Crippen LogP contribution in [0.5, 0.6) is 11.5 Å². The summed E-state index contributed by atoms with van der Waals surface area (Å²) in [4.78, 5) is 67.5. The Balaban J connectivity index is 0.769. The summed E-state index contributed by atoms with van der Waals surface area (Å²) in [6.45, 7) is 8.63. The van der Waals surface area contributed by atoms with Crippen LogP contribution in [0.25, 0.3) is 22.3 Å². The molecule has 92 heavy (non-hydrogen) atoms. The summed E-state index contributed by atoms with van der Waals surface area (Å²) in [6.07, 6.45) is 1.79. The lowest BCUT2D eigenvalue weighted by atomic mass is 9.80. The Hall–Kier alpha value is -8.93. The summed E-state index contributed by atoms with van der Waals surface area (Å²) in [5.41, 5.74) is 7.77. The number of methoxy groups -OCH3 is 2. The molecule has 1 saturated heterocycles. The van der Waals surface area contributed by atoms with Crippen LogP contribution in [0, 0.1) is 11.3 Å². The molecule has 2 aliphatic rings. The SMILES string of the molecule is COc1ccc(C(OC[C@H]2O[C@@H](n3cnc4c(NC(=O)c5ccc(CCC(=O)COC(=O)CCCN(C)C(=O)OCC6c7ccccc7-c7ccccc76)cc5)ncnc43)C[C@H]2OP(OCCC#N)N(C(C)C)C(C)C)(c2ccccc2)c2ccc(OC)cc2)cc1. The van der Waals surface area contributed by atoms with E-state index in [0.717, 1.165) is 44.5 Å². The van der Waals surface area contributed by atoms with E-state index in [2.05, 4.69) is 78.0 Å². The van der Waals surface area contributed by atoms with Crippen LogP contribution in [-0.4, -0.2) is 131 Å². The number of ketones is 1. The Kier molecular flexibility index (Phi) is 22.2. The Bertz CT molecular complexity index is 3740. The van der Waals surface area contributed by atoms with E-state index in [1.165, 1.54) is 11.2 Å². The highest BCUT2D eigenvalue weighted by molar-refractivity contribution is 7.44. The van der Waals surface area contributed by atoms with Crippen molar-refractivity contribution in [2.45, 2.75) is 108 Å². The Labute approximate surface area is 537 Å². The molecule has 10 rings (SSSR count). The van der Waals surface area contributed by atoms with Crippen LogP contribution in [0.2, 0.25) is 0 Å². The second-order valence-electron chi connectivity index (χ2n) is 23.1. The zero-order valence-corrected chi connectivity index (χ0v) is 53.7. The van der Waals surface area contributed by atoms with E-state index >= 15 is 0 Å². The van der Waals surface area contributed by atoms with Crippen molar-refractivity contribution >= 4 is 49.3 Å². The van der Waals surface area contributed by atoms with E-state index in [1.807, 2.05) is 103 Å². The number of amides is 2. The van der Waals surface area contributed by atoms with Gasteiger partial charge in [0.2, 0.25) is 0 Å². The van der Waals surface area contributed by atoms with Crippen molar-refractivity contribution in [1.82, 2.24) is 29.1 Å². The van der Waals surface area contributed by atoms with Crippen LogP contribution >= 0.6 is 8.53 Å². The summed E-state index contributed by atoms with van der Waals surface area (Å²) < 4.78 is 54.2. The van der Waals surface area contributed by atoms with Crippen LogP contribution in [0.3, 0.4) is 0 Å². The normalized spacial score (nSPS) is 15.6. The Morgan fingerprint density at radius 1 is 0.750 bits per heavy atom. The number of rotatable bonds is 30. The first-order valence-corrected chi connectivity index (χ1v) is 32.0. The number of anilines is 1. The number of imidazole rings is 1. The third-order valence-corrected chi connectivity index (χ3v) is 18.6. The van der Waals surface area contributed by atoms with Gasteiger partial charge in [-0.2, -0.15) is 5.26 Å². The van der Waals surface area contributed by atoms with Crippen molar-refractivity contribution in [2.24, 2.45) is 0 Å². The van der Waals surface area contributed by atoms with E-state index in [-0.39, 0.29) is 81.8 Å². The number of hydrogen-bond donors (Lipinski definition) is 1. The fourth-order valence-electron chi connectivity index (χ4n) is 11.8. The Morgan fingerprint density at radius 2 is 1.37 bits per heavy atom. The minimum absolute atomic E-state index is 0.0256. The highest BCUT2D eigenvalue weighted by Crippen LogP contribution is 2.51. The highest BCUT2D eigenvalue weighted by Gasteiger charge is 2.45. The Morgan fingerprint density at radius 3 is 1.99 bits per heavy atom. The van der Waals surface area contributed by atoms with Crippen molar-refractivity contribution < 1.29 is 56.6 Å². The molecule has 8 aromatic rings. The number of carbonyl (C=O) groups excluding carboxylic acids is 4. The van der Waals surface area contributed by atoms with Crippen molar-refractivity contribution in [3.63, 3.8) is 0 Å². The van der Waals surface area contributed by atoms with Gasteiger partial charge < -0.3 is 47.7 Å². The minimum Gasteiger partial charge on any atom is -0.497 e. The summed E-state index contributed by atoms with van der Waals surface area (Å²) in [5, 5.41) is 12.5. The fraction of sp³-hybridized carbons (Fsp3) is 0.352. The van der Waals surface area contributed by atoms with Gasteiger partial charge in [0.15, 0.2) is 22.8 Å². The first-order chi connectivity index (χ1) is 44.7. The monoisotopic (exact) mass is 1260 g/mol. The summed E-state index contributed by atoms with van der Waals surface area (Å²) in [6, 6.07) is 51.0. The number of ether oxygens (including phenoxy) is 6. The highest BCUT2D eigenvalue weighted by atomic mass is 31.2. The number of fused-ring (bicyclic) bond motifs is 4. The molecule has 0 saturated carbocycles. The summed E-state index contributed by atoms with van der Waals surface area (Å²) in [7, 11) is 3.15. The molecule has 21 heteroatoms. The zero-order chi connectivity index (χ0) is 64.7. The quantitative estimate of drug-likeness (QED) is 0.0191. The van der Waals surface area contributed by atoms with Gasteiger partial charge >= 0.3 is 12.1 Å². The molecular formula is C71H77N8O12P. The van der Waals surface area contributed by atoms with Crippen molar-refractivity contribution in [3.8, 4) is 28.7 Å². The number of Topliss-reactive ketones (excluding diaryl/α,β-unsaturated/α-hetero) is 1. The fourth-order valence-corrected chi connectivity index (χ4v) is 13.6. The van der Waals surface area contributed by atoms with Gasteiger partial charge in [-0.25, -0.2) is 24.4 Å². The molecule has 3 heterocycles. The molecule has 1 fully saturated rings. The lowest BCUT2D eigenvalue weighted by Gasteiger charge is -2.39. The van der Waals surface area contributed by atoms with E-state index in [4.69, 9.17) is 42.5 Å². The topological polar surface area (TPSA) is 228 Å². The molecule has 1 aliphatic carbocycles. The van der Waals surface area contributed by atoms with Crippen LogP contribution in [0.4, 0.5) is 10.6 Å². The molecule has 0 bridgehead atoms. The third-order valence-electron chi connectivity index (χ3n) is 16.4. The molecule has 478 valence electrons. The largest absolute Gasteiger partial charge is 0.497 e.